The highest BCUT2D eigenvalue weighted by Crippen LogP contribution is 2.31. The van der Waals surface area contributed by atoms with Gasteiger partial charge in [-0.25, -0.2) is 8.42 Å². The van der Waals surface area contributed by atoms with E-state index in [-0.39, 0.29) is 32.6 Å². The third-order valence-electron chi connectivity index (χ3n) is 5.15. The first-order valence-corrected chi connectivity index (χ1v) is 13.7. The highest BCUT2D eigenvalue weighted by molar-refractivity contribution is 8.42. The number of amides is 1. The van der Waals surface area contributed by atoms with Crippen LogP contribution in [-0.2, 0) is 14.6 Å². The summed E-state index contributed by atoms with van der Waals surface area (Å²) < 4.78 is 36.4. The van der Waals surface area contributed by atoms with Crippen LogP contribution in [0.15, 0.2) is 64.2 Å². The lowest BCUT2D eigenvalue weighted by molar-refractivity contribution is -0.114. The maximum Gasteiger partial charge on any atom is 0.283 e. The standard InChI is InChI=1S/C25H26N4O5S2/c1-16(2)15-36(31,32)25-28-29-22(26)20(23(30)27-24(29)35-25)14-18-8-10-19(11-9-18)33-12-13-34-21-7-5-4-6-17(21)3/h4-11,14,16,26H,12-13,15H2,1-3H3/b20-14-,26-22?. The molecule has 0 atom stereocenters. The van der Waals surface area contributed by atoms with E-state index >= 15 is 0 Å². The number of sulfone groups is 1. The topological polar surface area (TPSA) is 121 Å². The molecule has 2 aromatic carbocycles. The monoisotopic (exact) mass is 526 g/mol. The Morgan fingerprint density at radius 3 is 2.47 bits per heavy atom. The van der Waals surface area contributed by atoms with Crippen molar-refractivity contribution in [3.8, 4) is 11.5 Å². The molecule has 0 spiro atoms. The highest BCUT2D eigenvalue weighted by atomic mass is 32.3. The second kappa shape index (κ2) is 10.7. The second-order valence-electron chi connectivity index (χ2n) is 8.59. The van der Waals surface area contributed by atoms with Crippen molar-refractivity contribution in [1.82, 2.24) is 5.01 Å². The van der Waals surface area contributed by atoms with Crippen LogP contribution in [-0.4, -0.2) is 53.7 Å². The molecule has 0 aliphatic carbocycles. The normalized spacial score (nSPS) is 16.8. The molecule has 0 saturated carbocycles. The van der Waals surface area contributed by atoms with Gasteiger partial charge in [-0.1, -0.05) is 44.2 Å². The maximum absolute atomic E-state index is 12.6. The molecule has 11 heteroatoms. The number of carbonyl (C=O) groups excluding carboxylic acids is 1. The fourth-order valence-electron chi connectivity index (χ4n) is 3.47. The Hall–Kier alpha value is -3.44. The number of fused-ring (bicyclic) bond motifs is 1. The smallest absolute Gasteiger partial charge is 0.283 e. The number of benzene rings is 2. The molecule has 0 radical (unpaired) electrons. The van der Waals surface area contributed by atoms with Gasteiger partial charge < -0.3 is 9.47 Å². The quantitative estimate of drug-likeness (QED) is 0.406. The van der Waals surface area contributed by atoms with Crippen LogP contribution in [0.1, 0.15) is 25.0 Å². The summed E-state index contributed by atoms with van der Waals surface area (Å²) in [7, 11) is -3.63. The van der Waals surface area contributed by atoms with Gasteiger partial charge >= 0.3 is 0 Å². The number of para-hydroxylation sites is 1. The minimum atomic E-state index is -3.63. The predicted molar refractivity (Wildman–Crippen MR) is 142 cm³/mol. The number of rotatable bonds is 8. The summed E-state index contributed by atoms with van der Waals surface area (Å²) in [6.45, 7) is 6.33. The highest BCUT2D eigenvalue weighted by Gasteiger charge is 2.39. The molecule has 4 rings (SSSR count). The zero-order valence-electron chi connectivity index (χ0n) is 20.1. The van der Waals surface area contributed by atoms with Crippen LogP contribution in [0.4, 0.5) is 0 Å². The van der Waals surface area contributed by atoms with Gasteiger partial charge in [-0.3, -0.25) is 10.2 Å². The van der Waals surface area contributed by atoms with Gasteiger partial charge in [-0.15, -0.1) is 5.10 Å². The van der Waals surface area contributed by atoms with Crippen molar-refractivity contribution in [1.29, 1.82) is 5.41 Å². The minimum Gasteiger partial charge on any atom is -0.490 e. The van der Waals surface area contributed by atoms with Crippen molar-refractivity contribution in [2.45, 2.75) is 20.8 Å². The van der Waals surface area contributed by atoms with Crippen molar-refractivity contribution in [3.63, 3.8) is 0 Å². The van der Waals surface area contributed by atoms with Gasteiger partial charge in [0.15, 0.2) is 5.84 Å². The fourth-order valence-corrected chi connectivity index (χ4v) is 6.25. The van der Waals surface area contributed by atoms with Crippen LogP contribution in [0.25, 0.3) is 6.08 Å². The van der Waals surface area contributed by atoms with Gasteiger partial charge in [-0.05, 0) is 60.0 Å². The molecule has 0 bridgehead atoms. The summed E-state index contributed by atoms with van der Waals surface area (Å²) in [5.41, 5.74) is 1.74. The number of ether oxygens (including phenoxy) is 2. The molecule has 188 valence electrons. The third kappa shape index (κ3) is 5.85. The van der Waals surface area contributed by atoms with Gasteiger partial charge in [0.1, 0.15) is 24.7 Å². The van der Waals surface area contributed by atoms with Gasteiger partial charge in [0, 0.05) is 0 Å². The molecule has 0 aromatic heterocycles. The van der Waals surface area contributed by atoms with E-state index in [1.165, 1.54) is 6.08 Å². The Balaban J connectivity index is 1.40. The Morgan fingerprint density at radius 1 is 1.08 bits per heavy atom. The Bertz CT molecular complexity index is 1380. The lowest BCUT2D eigenvalue weighted by Gasteiger charge is -2.20. The molecule has 1 N–H and O–H groups in total. The van der Waals surface area contributed by atoms with Gasteiger partial charge in [0.05, 0.1) is 11.3 Å². The van der Waals surface area contributed by atoms with Crippen LogP contribution in [0.2, 0.25) is 0 Å². The van der Waals surface area contributed by atoms with Crippen molar-refractivity contribution in [3.05, 3.63) is 65.2 Å². The average molecular weight is 527 g/mol. The van der Waals surface area contributed by atoms with E-state index in [9.17, 15) is 13.2 Å². The zero-order chi connectivity index (χ0) is 25.9. The number of aliphatic imine (C=N–C) groups is 1. The maximum atomic E-state index is 12.6. The van der Waals surface area contributed by atoms with Crippen molar-refractivity contribution in [2.75, 3.05) is 19.0 Å². The van der Waals surface area contributed by atoms with Crippen LogP contribution in [0, 0.1) is 18.3 Å². The molecule has 0 unspecified atom stereocenters. The first-order valence-electron chi connectivity index (χ1n) is 11.3. The lowest BCUT2D eigenvalue weighted by atomic mass is 10.1. The largest absolute Gasteiger partial charge is 0.490 e. The molecule has 2 heterocycles. The first kappa shape index (κ1) is 25.6. The molecule has 36 heavy (non-hydrogen) atoms. The number of aryl methyl sites for hydroxylation is 1. The lowest BCUT2D eigenvalue weighted by Crippen LogP contribution is -2.35. The molecule has 2 aromatic rings. The minimum absolute atomic E-state index is 0.0194. The summed E-state index contributed by atoms with van der Waals surface area (Å²) >= 11 is 0.792. The number of hydrogen-bond donors (Lipinski definition) is 1. The van der Waals surface area contributed by atoms with E-state index in [2.05, 4.69) is 10.1 Å². The first-order chi connectivity index (χ1) is 17.1. The van der Waals surface area contributed by atoms with E-state index in [1.54, 1.807) is 38.1 Å². The zero-order valence-corrected chi connectivity index (χ0v) is 21.7. The van der Waals surface area contributed by atoms with Crippen molar-refractivity contribution < 1.29 is 22.7 Å². The number of thioether (sulfide) groups is 1. The Morgan fingerprint density at radius 2 is 1.78 bits per heavy atom. The molecular formula is C25H26N4O5S2. The summed E-state index contributed by atoms with van der Waals surface area (Å²) in [6, 6.07) is 14.8. The van der Waals surface area contributed by atoms with E-state index in [1.807, 2.05) is 31.2 Å². The number of carbonyl (C=O) groups is 1. The van der Waals surface area contributed by atoms with Crippen molar-refractivity contribution in [2.24, 2.45) is 16.0 Å². The van der Waals surface area contributed by atoms with Crippen LogP contribution < -0.4 is 9.47 Å². The molecule has 2 aliphatic rings. The van der Waals surface area contributed by atoms with E-state index in [0.29, 0.717) is 24.5 Å². The van der Waals surface area contributed by atoms with Crippen molar-refractivity contribution >= 4 is 49.0 Å². The predicted octanol–water partition coefficient (Wildman–Crippen LogP) is 4.10. The Labute approximate surface area is 214 Å². The van der Waals surface area contributed by atoms with Gasteiger partial charge in [0.25, 0.3) is 5.91 Å². The second-order valence-corrected chi connectivity index (χ2v) is 11.8. The summed E-state index contributed by atoms with van der Waals surface area (Å²) in [4.78, 5) is 16.5. The SMILES string of the molecule is Cc1ccccc1OCCOc1ccc(/C=C2/C(=N)N3N=C(S(=O)(=O)CC(C)C)SC3=NC2=O)cc1. The number of nitrogens with one attached hydrogen (secondary N) is 1. The van der Waals surface area contributed by atoms with Gasteiger partial charge in [0.2, 0.25) is 19.4 Å². The van der Waals surface area contributed by atoms with E-state index in [4.69, 9.17) is 14.9 Å². The van der Waals surface area contributed by atoms with Crippen LogP contribution >= 0.6 is 11.8 Å². The summed E-state index contributed by atoms with van der Waals surface area (Å²) in [6.07, 6.45) is 1.52. The number of amidine groups is 2. The number of hydrogen-bond acceptors (Lipinski definition) is 8. The average Bonchev–Trinajstić information content (AvgIpc) is 3.26. The third-order valence-corrected chi connectivity index (χ3v) is 8.58. The van der Waals surface area contributed by atoms with E-state index in [0.717, 1.165) is 28.1 Å². The molecule has 0 fully saturated rings. The number of nitrogens with zero attached hydrogens (tertiary/aromatic N) is 3. The molecule has 1 amide bonds. The van der Waals surface area contributed by atoms with Crippen LogP contribution in [0.3, 0.4) is 0 Å². The number of hydrazone groups is 1. The van der Waals surface area contributed by atoms with E-state index < -0.39 is 15.7 Å². The Kier molecular flexibility index (Phi) is 7.60. The van der Waals surface area contributed by atoms with Crippen LogP contribution in [0.5, 0.6) is 11.5 Å². The summed E-state index contributed by atoms with van der Waals surface area (Å²) in [5.74, 6) is 0.458. The molecule has 0 saturated heterocycles. The van der Waals surface area contributed by atoms with Gasteiger partial charge in [-0.2, -0.15) is 10.0 Å². The fraction of sp³-hybridized carbons (Fsp3) is 0.280. The molecule has 9 nitrogen and oxygen atoms in total. The summed E-state index contributed by atoms with van der Waals surface area (Å²) in [5, 5.41) is 13.7. The molecule has 2 aliphatic heterocycles. The molecular weight excluding hydrogens is 500 g/mol.